The lowest BCUT2D eigenvalue weighted by Crippen LogP contribution is -2.42. The maximum Gasteiger partial charge on any atom is 0.243 e. The summed E-state index contributed by atoms with van der Waals surface area (Å²) in [5, 5.41) is 0. The normalized spacial score (nSPS) is 16.3. The van der Waals surface area contributed by atoms with Crippen LogP contribution in [0.3, 0.4) is 0 Å². The monoisotopic (exact) mass is 314 g/mol. The predicted molar refractivity (Wildman–Crippen MR) is 89.8 cm³/mol. The highest BCUT2D eigenvalue weighted by Crippen LogP contribution is 2.22. The third-order valence-electron chi connectivity index (χ3n) is 3.21. The van der Waals surface area contributed by atoms with E-state index in [1.807, 2.05) is 46.8 Å². The zero-order valence-corrected chi connectivity index (χ0v) is 14.8. The molecule has 1 fully saturated rings. The van der Waals surface area contributed by atoms with Gasteiger partial charge in [-0.2, -0.15) is 4.31 Å². The van der Waals surface area contributed by atoms with Gasteiger partial charge in [0.2, 0.25) is 10.0 Å². The van der Waals surface area contributed by atoms with E-state index >= 15 is 0 Å². The molecule has 0 atom stereocenters. The fraction of sp³-hybridized carbons (Fsp3) is 0.625. The second kappa shape index (κ2) is 9.92. The lowest BCUT2D eigenvalue weighted by molar-refractivity contribution is 0.320. The Labute approximate surface area is 130 Å². The van der Waals surface area contributed by atoms with Crippen molar-refractivity contribution in [3.05, 3.63) is 29.8 Å². The molecule has 0 unspecified atom stereocenters. The number of rotatable bonds is 2. The maximum atomic E-state index is 12.4. The largest absolute Gasteiger partial charge is 0.328 e. The minimum Gasteiger partial charge on any atom is -0.328 e. The molecule has 5 heteroatoms. The number of sulfonamides is 1. The molecule has 0 amide bonds. The summed E-state index contributed by atoms with van der Waals surface area (Å²) >= 11 is 0. The molecule has 122 valence electrons. The summed E-state index contributed by atoms with van der Waals surface area (Å²) in [6, 6.07) is 7.23. The van der Waals surface area contributed by atoms with Crippen LogP contribution in [-0.2, 0) is 10.0 Å². The topological polar surface area (TPSA) is 63.4 Å². The molecular weight excluding hydrogens is 284 g/mol. The third kappa shape index (κ3) is 5.41. The van der Waals surface area contributed by atoms with Crippen LogP contribution in [0.5, 0.6) is 0 Å². The van der Waals surface area contributed by atoms with Crippen molar-refractivity contribution in [3.8, 4) is 0 Å². The summed E-state index contributed by atoms with van der Waals surface area (Å²) in [6.45, 7) is 10.9. The van der Waals surface area contributed by atoms with Crippen molar-refractivity contribution in [2.24, 2.45) is 5.73 Å². The molecule has 2 rings (SSSR count). The van der Waals surface area contributed by atoms with Crippen LogP contribution in [0.1, 0.15) is 46.1 Å². The van der Waals surface area contributed by atoms with Gasteiger partial charge in [0.05, 0.1) is 4.90 Å². The van der Waals surface area contributed by atoms with Crippen LogP contribution >= 0.6 is 0 Å². The summed E-state index contributed by atoms with van der Waals surface area (Å²) in [5.41, 5.74) is 6.58. The first-order valence-corrected chi connectivity index (χ1v) is 9.27. The highest BCUT2D eigenvalue weighted by Gasteiger charge is 2.28. The summed E-state index contributed by atoms with van der Waals surface area (Å²) in [7, 11) is -3.34. The van der Waals surface area contributed by atoms with E-state index in [1.165, 1.54) is 0 Å². The van der Waals surface area contributed by atoms with Crippen molar-refractivity contribution in [2.45, 2.75) is 58.4 Å². The number of hydrogen-bond donors (Lipinski definition) is 1. The Bertz CT molecular complexity index is 493. The Morgan fingerprint density at radius 2 is 1.52 bits per heavy atom. The summed E-state index contributed by atoms with van der Waals surface area (Å²) in [5.74, 6) is 0. The molecule has 0 bridgehead atoms. The van der Waals surface area contributed by atoms with Crippen LogP contribution < -0.4 is 5.73 Å². The molecule has 0 saturated carbocycles. The predicted octanol–water partition coefficient (Wildman–Crippen LogP) is 3.16. The van der Waals surface area contributed by atoms with Crippen molar-refractivity contribution in [2.75, 3.05) is 13.1 Å². The van der Waals surface area contributed by atoms with E-state index in [-0.39, 0.29) is 6.04 Å². The minimum atomic E-state index is -3.34. The van der Waals surface area contributed by atoms with Crippen molar-refractivity contribution < 1.29 is 8.42 Å². The standard InChI is InChI=1S/C12H18N2O2S.2C2H6/c1-10-4-2-3-5-12(10)17(15,16)14-8-6-11(13)7-9-14;2*1-2/h2-5,11H,6-9,13H2,1H3;2*1-2H3. The van der Waals surface area contributed by atoms with Gasteiger partial charge >= 0.3 is 0 Å². The SMILES string of the molecule is CC.CC.Cc1ccccc1S(=O)(=O)N1CCC(N)CC1. The lowest BCUT2D eigenvalue weighted by Gasteiger charge is -2.29. The molecule has 1 heterocycles. The highest BCUT2D eigenvalue weighted by atomic mass is 32.2. The minimum absolute atomic E-state index is 0.137. The Kier molecular flexibility index (Phi) is 9.49. The molecule has 1 aromatic carbocycles. The third-order valence-corrected chi connectivity index (χ3v) is 5.27. The first kappa shape index (κ1) is 20.1. The zero-order chi connectivity index (χ0) is 16.5. The van der Waals surface area contributed by atoms with E-state index < -0.39 is 10.0 Å². The maximum absolute atomic E-state index is 12.4. The molecule has 0 radical (unpaired) electrons. The van der Waals surface area contributed by atoms with Gasteiger partial charge in [0.1, 0.15) is 0 Å². The molecule has 2 N–H and O–H groups in total. The van der Waals surface area contributed by atoms with E-state index in [0.717, 1.165) is 18.4 Å². The Morgan fingerprint density at radius 1 is 1.05 bits per heavy atom. The van der Waals surface area contributed by atoms with E-state index in [1.54, 1.807) is 16.4 Å². The Hall–Kier alpha value is -0.910. The molecule has 1 aliphatic heterocycles. The Morgan fingerprint density at radius 3 is 2.00 bits per heavy atom. The van der Waals surface area contributed by atoms with Crippen LogP contribution in [0.25, 0.3) is 0 Å². The van der Waals surface area contributed by atoms with Crippen molar-refractivity contribution >= 4 is 10.0 Å². The van der Waals surface area contributed by atoms with Gasteiger partial charge < -0.3 is 5.73 Å². The molecule has 1 aromatic rings. The number of hydrogen-bond acceptors (Lipinski definition) is 3. The average molecular weight is 314 g/mol. The van der Waals surface area contributed by atoms with Crippen LogP contribution in [0.4, 0.5) is 0 Å². The fourth-order valence-electron chi connectivity index (χ4n) is 2.10. The van der Waals surface area contributed by atoms with Gasteiger partial charge in [-0.1, -0.05) is 45.9 Å². The molecule has 0 spiro atoms. The van der Waals surface area contributed by atoms with Gasteiger partial charge in [0.15, 0.2) is 0 Å². The van der Waals surface area contributed by atoms with Crippen molar-refractivity contribution in [1.82, 2.24) is 4.31 Å². The van der Waals surface area contributed by atoms with E-state index in [2.05, 4.69) is 0 Å². The van der Waals surface area contributed by atoms with Gasteiger partial charge in [-0.15, -0.1) is 0 Å². The number of nitrogens with zero attached hydrogens (tertiary/aromatic N) is 1. The number of nitrogens with two attached hydrogens (primary N) is 1. The smallest absolute Gasteiger partial charge is 0.243 e. The molecule has 1 saturated heterocycles. The van der Waals surface area contributed by atoms with E-state index in [4.69, 9.17) is 5.73 Å². The fourth-order valence-corrected chi connectivity index (χ4v) is 3.80. The molecule has 0 aromatic heterocycles. The first-order valence-electron chi connectivity index (χ1n) is 7.83. The van der Waals surface area contributed by atoms with Crippen LogP contribution in [0, 0.1) is 6.92 Å². The van der Waals surface area contributed by atoms with Gasteiger partial charge in [-0.05, 0) is 31.4 Å². The van der Waals surface area contributed by atoms with Crippen LogP contribution in [0.15, 0.2) is 29.2 Å². The van der Waals surface area contributed by atoms with Crippen LogP contribution in [-0.4, -0.2) is 31.9 Å². The van der Waals surface area contributed by atoms with Crippen molar-refractivity contribution in [3.63, 3.8) is 0 Å². The van der Waals surface area contributed by atoms with E-state index in [9.17, 15) is 8.42 Å². The second-order valence-corrected chi connectivity index (χ2v) is 6.41. The highest BCUT2D eigenvalue weighted by molar-refractivity contribution is 7.89. The second-order valence-electron chi connectivity index (χ2n) is 4.51. The van der Waals surface area contributed by atoms with Crippen molar-refractivity contribution in [1.29, 1.82) is 0 Å². The molecule has 1 aliphatic rings. The number of piperidine rings is 1. The van der Waals surface area contributed by atoms with E-state index in [0.29, 0.717) is 18.0 Å². The van der Waals surface area contributed by atoms with Gasteiger partial charge in [0.25, 0.3) is 0 Å². The summed E-state index contributed by atoms with van der Waals surface area (Å²) < 4.78 is 26.3. The van der Waals surface area contributed by atoms with Gasteiger partial charge in [-0.25, -0.2) is 8.42 Å². The number of benzene rings is 1. The molecule has 0 aliphatic carbocycles. The molecule has 4 nitrogen and oxygen atoms in total. The first-order chi connectivity index (χ1) is 10.0. The van der Waals surface area contributed by atoms with Gasteiger partial charge in [-0.3, -0.25) is 0 Å². The summed E-state index contributed by atoms with van der Waals surface area (Å²) in [6.07, 6.45) is 1.48. The van der Waals surface area contributed by atoms with Crippen LogP contribution in [0.2, 0.25) is 0 Å². The molecular formula is C16H30N2O2S. The average Bonchev–Trinajstić information content (AvgIpc) is 2.52. The Balaban J connectivity index is 0.000000921. The lowest BCUT2D eigenvalue weighted by atomic mass is 10.1. The van der Waals surface area contributed by atoms with Gasteiger partial charge in [0, 0.05) is 19.1 Å². The zero-order valence-electron chi connectivity index (χ0n) is 14.0. The summed E-state index contributed by atoms with van der Waals surface area (Å²) in [4.78, 5) is 0.412. The molecule has 21 heavy (non-hydrogen) atoms. The quantitative estimate of drug-likeness (QED) is 0.912. The number of aryl methyl sites for hydroxylation is 1.